The Labute approximate surface area is 112 Å². The summed E-state index contributed by atoms with van der Waals surface area (Å²) in [5.74, 6) is 0.725. The first-order valence-electron chi connectivity index (χ1n) is 5.85. The van der Waals surface area contributed by atoms with Gasteiger partial charge < -0.3 is 4.42 Å². The van der Waals surface area contributed by atoms with Gasteiger partial charge in [0, 0.05) is 19.2 Å². The van der Waals surface area contributed by atoms with Crippen molar-refractivity contribution >= 4 is 10.0 Å². The Morgan fingerprint density at radius 2 is 2.05 bits per heavy atom. The Morgan fingerprint density at radius 1 is 1.37 bits per heavy atom. The molecule has 0 fully saturated rings. The van der Waals surface area contributed by atoms with E-state index in [4.69, 9.17) is 4.42 Å². The monoisotopic (exact) mass is 283 g/mol. The Kier molecular flexibility index (Phi) is 3.51. The van der Waals surface area contributed by atoms with Gasteiger partial charge in [0.2, 0.25) is 10.0 Å². The van der Waals surface area contributed by atoms with Gasteiger partial charge in [-0.15, -0.1) is 0 Å². The van der Waals surface area contributed by atoms with E-state index in [9.17, 15) is 8.42 Å². The van der Waals surface area contributed by atoms with Crippen LogP contribution in [0.3, 0.4) is 0 Å². The molecule has 0 aliphatic carbocycles. The second-order valence-electron chi connectivity index (χ2n) is 4.53. The van der Waals surface area contributed by atoms with E-state index in [0.717, 1.165) is 11.3 Å². The summed E-state index contributed by atoms with van der Waals surface area (Å²) in [6.07, 6.45) is 1.56. The second kappa shape index (κ2) is 4.82. The number of aromatic nitrogens is 2. The highest BCUT2D eigenvalue weighted by molar-refractivity contribution is 7.89. The van der Waals surface area contributed by atoms with E-state index in [2.05, 4.69) is 10.2 Å². The predicted octanol–water partition coefficient (Wildman–Crippen LogP) is 1.75. The van der Waals surface area contributed by atoms with Crippen molar-refractivity contribution in [2.24, 2.45) is 0 Å². The van der Waals surface area contributed by atoms with Crippen LogP contribution in [0.5, 0.6) is 0 Å². The molecule has 0 aromatic carbocycles. The van der Waals surface area contributed by atoms with Crippen molar-refractivity contribution in [3.05, 3.63) is 35.0 Å². The lowest BCUT2D eigenvalue weighted by molar-refractivity contribution is 0.458. The Balaban J connectivity index is 2.33. The van der Waals surface area contributed by atoms with Crippen LogP contribution in [0.15, 0.2) is 21.6 Å². The molecule has 2 rings (SSSR count). The van der Waals surface area contributed by atoms with Gasteiger partial charge in [0.15, 0.2) is 0 Å². The van der Waals surface area contributed by atoms with Crippen LogP contribution in [0.4, 0.5) is 0 Å². The summed E-state index contributed by atoms with van der Waals surface area (Å²) in [5, 5.41) is 6.62. The molecule has 7 heteroatoms. The van der Waals surface area contributed by atoms with Crippen LogP contribution in [0.25, 0.3) is 0 Å². The van der Waals surface area contributed by atoms with E-state index in [-0.39, 0.29) is 11.4 Å². The number of hydrogen-bond donors (Lipinski definition) is 1. The molecular formula is C12H17N3O3S. The van der Waals surface area contributed by atoms with Gasteiger partial charge in [-0.1, -0.05) is 0 Å². The maximum Gasteiger partial charge on any atom is 0.246 e. The maximum absolute atomic E-state index is 12.5. The molecular weight excluding hydrogens is 266 g/mol. The largest absolute Gasteiger partial charge is 0.469 e. The third kappa shape index (κ3) is 2.43. The van der Waals surface area contributed by atoms with Crippen LogP contribution in [0.2, 0.25) is 0 Å². The molecule has 104 valence electrons. The molecule has 0 spiro atoms. The quantitative estimate of drug-likeness (QED) is 0.927. The molecule has 0 saturated heterocycles. The average Bonchev–Trinajstić information content (AvgIpc) is 2.86. The lowest BCUT2D eigenvalue weighted by Crippen LogP contribution is -2.27. The molecule has 0 aliphatic rings. The number of aryl methyl sites for hydroxylation is 3. The van der Waals surface area contributed by atoms with Crippen LogP contribution in [-0.4, -0.2) is 30.0 Å². The van der Waals surface area contributed by atoms with Gasteiger partial charge in [0.25, 0.3) is 0 Å². The molecule has 0 atom stereocenters. The van der Waals surface area contributed by atoms with E-state index >= 15 is 0 Å². The van der Waals surface area contributed by atoms with Crippen molar-refractivity contribution in [3.63, 3.8) is 0 Å². The molecule has 2 aromatic heterocycles. The van der Waals surface area contributed by atoms with Crippen molar-refractivity contribution in [2.75, 3.05) is 7.05 Å². The number of H-pyrrole nitrogens is 1. The summed E-state index contributed by atoms with van der Waals surface area (Å²) in [7, 11) is -2.00. The first kappa shape index (κ1) is 13.8. The molecule has 6 nitrogen and oxygen atoms in total. The number of nitrogens with zero attached hydrogens (tertiary/aromatic N) is 2. The molecule has 1 N–H and O–H groups in total. The number of aromatic amines is 1. The topological polar surface area (TPSA) is 79.2 Å². The van der Waals surface area contributed by atoms with E-state index in [1.165, 1.54) is 4.31 Å². The highest BCUT2D eigenvalue weighted by Crippen LogP contribution is 2.22. The fraction of sp³-hybridized carbons (Fsp3) is 0.417. The standard InChI is InChI=1S/C12H17N3O3S/c1-8-12(9(2)14-13-8)19(16,17)15(4)7-11-5-6-18-10(11)3/h5-6H,7H2,1-4H3,(H,13,14). The van der Waals surface area contributed by atoms with E-state index in [1.54, 1.807) is 33.2 Å². The Morgan fingerprint density at radius 3 is 2.53 bits per heavy atom. The summed E-state index contributed by atoms with van der Waals surface area (Å²) < 4.78 is 31.5. The van der Waals surface area contributed by atoms with Crippen LogP contribution < -0.4 is 0 Å². The van der Waals surface area contributed by atoms with Crippen LogP contribution in [0.1, 0.15) is 22.7 Å². The zero-order chi connectivity index (χ0) is 14.2. The summed E-state index contributed by atoms with van der Waals surface area (Å²) in [6.45, 7) is 5.45. The maximum atomic E-state index is 12.5. The minimum atomic E-state index is -3.55. The average molecular weight is 283 g/mol. The van der Waals surface area contributed by atoms with Crippen molar-refractivity contribution in [2.45, 2.75) is 32.2 Å². The molecule has 0 saturated carbocycles. The number of sulfonamides is 1. The third-order valence-corrected chi connectivity index (χ3v) is 5.16. The minimum absolute atomic E-state index is 0.246. The minimum Gasteiger partial charge on any atom is -0.469 e. The zero-order valence-electron chi connectivity index (χ0n) is 11.4. The van der Waals surface area contributed by atoms with Crippen molar-refractivity contribution < 1.29 is 12.8 Å². The normalized spacial score (nSPS) is 12.3. The van der Waals surface area contributed by atoms with Gasteiger partial charge in [0.1, 0.15) is 10.7 Å². The Hall–Kier alpha value is -1.60. The van der Waals surface area contributed by atoms with Gasteiger partial charge in [-0.05, 0) is 26.8 Å². The number of rotatable bonds is 4. The third-order valence-electron chi connectivity index (χ3n) is 3.09. The van der Waals surface area contributed by atoms with Gasteiger partial charge >= 0.3 is 0 Å². The highest BCUT2D eigenvalue weighted by atomic mass is 32.2. The van der Waals surface area contributed by atoms with Gasteiger partial charge in [-0.25, -0.2) is 8.42 Å². The van der Waals surface area contributed by atoms with E-state index < -0.39 is 10.0 Å². The molecule has 0 aliphatic heterocycles. The van der Waals surface area contributed by atoms with E-state index in [0.29, 0.717) is 11.4 Å². The Bertz CT molecular complexity index is 665. The summed E-state index contributed by atoms with van der Waals surface area (Å²) in [5.41, 5.74) is 1.88. The molecule has 2 aromatic rings. The van der Waals surface area contributed by atoms with E-state index in [1.807, 2.05) is 6.92 Å². The first-order valence-corrected chi connectivity index (χ1v) is 7.29. The van der Waals surface area contributed by atoms with Crippen LogP contribution in [-0.2, 0) is 16.6 Å². The lowest BCUT2D eigenvalue weighted by atomic mass is 10.3. The molecule has 0 radical (unpaired) electrons. The van der Waals surface area contributed by atoms with Gasteiger partial charge in [-0.3, -0.25) is 5.10 Å². The zero-order valence-corrected chi connectivity index (χ0v) is 12.2. The van der Waals surface area contributed by atoms with Gasteiger partial charge in [-0.2, -0.15) is 9.40 Å². The molecule has 0 bridgehead atoms. The fourth-order valence-corrected chi connectivity index (χ4v) is 3.45. The molecule has 2 heterocycles. The first-order chi connectivity index (χ1) is 8.84. The van der Waals surface area contributed by atoms with Gasteiger partial charge in [0.05, 0.1) is 17.7 Å². The predicted molar refractivity (Wildman–Crippen MR) is 70.2 cm³/mol. The van der Waals surface area contributed by atoms with Crippen LogP contribution in [0, 0.1) is 20.8 Å². The lowest BCUT2D eigenvalue weighted by Gasteiger charge is -2.16. The van der Waals surface area contributed by atoms with Crippen molar-refractivity contribution in [1.29, 1.82) is 0 Å². The summed E-state index contributed by atoms with van der Waals surface area (Å²) in [6, 6.07) is 1.77. The number of nitrogens with one attached hydrogen (secondary N) is 1. The van der Waals surface area contributed by atoms with Crippen LogP contribution >= 0.6 is 0 Å². The molecule has 0 unspecified atom stereocenters. The summed E-state index contributed by atoms with van der Waals surface area (Å²) >= 11 is 0. The van der Waals surface area contributed by atoms with Crippen molar-refractivity contribution in [1.82, 2.24) is 14.5 Å². The number of furan rings is 1. The SMILES string of the molecule is Cc1n[nH]c(C)c1S(=O)(=O)N(C)Cc1ccoc1C. The summed E-state index contributed by atoms with van der Waals surface area (Å²) in [4.78, 5) is 0.246. The molecule has 19 heavy (non-hydrogen) atoms. The number of hydrogen-bond acceptors (Lipinski definition) is 4. The van der Waals surface area contributed by atoms with Crippen molar-refractivity contribution in [3.8, 4) is 0 Å². The molecule has 0 amide bonds. The second-order valence-corrected chi connectivity index (χ2v) is 6.51. The highest BCUT2D eigenvalue weighted by Gasteiger charge is 2.27. The fourth-order valence-electron chi connectivity index (χ4n) is 1.98. The smallest absolute Gasteiger partial charge is 0.246 e.